The van der Waals surface area contributed by atoms with E-state index in [2.05, 4.69) is 30.9 Å². The van der Waals surface area contributed by atoms with Gasteiger partial charge < -0.3 is 9.67 Å². The molecule has 0 saturated heterocycles. The number of imidazole rings is 1. The lowest BCUT2D eigenvalue weighted by Gasteiger charge is -2.19. The van der Waals surface area contributed by atoms with Gasteiger partial charge >= 0.3 is 0 Å². The molecule has 0 aliphatic carbocycles. The number of nitrogens with zero attached hydrogens (tertiary/aromatic N) is 4. The SMILES string of the molecule is Cn1cc(C(O)Cc2nccn2C)c(C(C)(C)C)n1. The molecule has 104 valence electrons. The lowest BCUT2D eigenvalue weighted by molar-refractivity contribution is 0.172. The maximum Gasteiger partial charge on any atom is 0.111 e. The lowest BCUT2D eigenvalue weighted by Crippen LogP contribution is -2.17. The molecule has 2 heterocycles. The fraction of sp³-hybridized carbons (Fsp3) is 0.571. The van der Waals surface area contributed by atoms with Crippen LogP contribution in [0, 0.1) is 0 Å². The van der Waals surface area contributed by atoms with Crippen molar-refractivity contribution in [1.82, 2.24) is 19.3 Å². The molecule has 2 aromatic rings. The molecular weight excluding hydrogens is 240 g/mol. The second-order valence-electron chi connectivity index (χ2n) is 6.03. The van der Waals surface area contributed by atoms with Gasteiger partial charge in [-0.25, -0.2) is 4.98 Å². The molecule has 0 fully saturated rings. The predicted octanol–water partition coefficient (Wildman–Crippen LogP) is 1.73. The van der Waals surface area contributed by atoms with Crippen LogP contribution in [0.4, 0.5) is 0 Å². The first-order chi connectivity index (χ1) is 8.79. The Morgan fingerprint density at radius 1 is 1.32 bits per heavy atom. The van der Waals surface area contributed by atoms with Crippen molar-refractivity contribution in [3.05, 3.63) is 35.7 Å². The molecule has 0 amide bonds. The minimum absolute atomic E-state index is 0.0841. The van der Waals surface area contributed by atoms with Crippen molar-refractivity contribution in [3.63, 3.8) is 0 Å². The van der Waals surface area contributed by atoms with Crippen LogP contribution in [0.1, 0.15) is 44.0 Å². The molecule has 0 aromatic carbocycles. The molecule has 0 spiro atoms. The molecule has 2 aromatic heterocycles. The van der Waals surface area contributed by atoms with Gasteiger partial charge in [-0.05, 0) is 0 Å². The number of hydrogen-bond acceptors (Lipinski definition) is 3. The molecule has 0 saturated carbocycles. The summed E-state index contributed by atoms with van der Waals surface area (Å²) in [6.07, 6.45) is 5.45. The Balaban J connectivity index is 2.29. The molecule has 2 rings (SSSR count). The van der Waals surface area contributed by atoms with Crippen molar-refractivity contribution in [2.45, 2.75) is 38.7 Å². The zero-order valence-corrected chi connectivity index (χ0v) is 12.3. The van der Waals surface area contributed by atoms with Gasteiger partial charge in [0.2, 0.25) is 0 Å². The Morgan fingerprint density at radius 3 is 2.53 bits per heavy atom. The van der Waals surface area contributed by atoms with E-state index < -0.39 is 6.10 Å². The molecule has 19 heavy (non-hydrogen) atoms. The quantitative estimate of drug-likeness (QED) is 0.916. The van der Waals surface area contributed by atoms with Gasteiger partial charge in [0, 0.05) is 50.1 Å². The molecule has 0 bridgehead atoms. The first kappa shape index (κ1) is 13.8. The first-order valence-corrected chi connectivity index (χ1v) is 6.47. The third-order valence-electron chi connectivity index (χ3n) is 3.22. The van der Waals surface area contributed by atoms with Gasteiger partial charge in [0.05, 0.1) is 11.8 Å². The van der Waals surface area contributed by atoms with Crippen LogP contribution in [0.3, 0.4) is 0 Å². The molecule has 1 unspecified atom stereocenters. The molecular formula is C14H22N4O. The highest BCUT2D eigenvalue weighted by Crippen LogP contribution is 2.29. The van der Waals surface area contributed by atoms with Crippen molar-refractivity contribution >= 4 is 0 Å². The highest BCUT2D eigenvalue weighted by Gasteiger charge is 2.26. The van der Waals surface area contributed by atoms with Crippen LogP contribution in [0.2, 0.25) is 0 Å². The fourth-order valence-corrected chi connectivity index (χ4v) is 2.21. The van der Waals surface area contributed by atoms with E-state index in [-0.39, 0.29) is 5.41 Å². The van der Waals surface area contributed by atoms with Crippen molar-refractivity contribution in [1.29, 1.82) is 0 Å². The molecule has 1 atom stereocenters. The van der Waals surface area contributed by atoms with Crippen molar-refractivity contribution in [2.24, 2.45) is 14.1 Å². The molecule has 5 heteroatoms. The number of rotatable bonds is 3. The van der Waals surface area contributed by atoms with E-state index in [1.807, 2.05) is 31.1 Å². The maximum atomic E-state index is 10.5. The van der Waals surface area contributed by atoms with Gasteiger partial charge in [-0.3, -0.25) is 4.68 Å². The largest absolute Gasteiger partial charge is 0.388 e. The van der Waals surface area contributed by atoms with E-state index in [1.54, 1.807) is 10.9 Å². The van der Waals surface area contributed by atoms with Crippen LogP contribution >= 0.6 is 0 Å². The Hall–Kier alpha value is -1.62. The highest BCUT2D eigenvalue weighted by atomic mass is 16.3. The molecule has 5 nitrogen and oxygen atoms in total. The highest BCUT2D eigenvalue weighted by molar-refractivity contribution is 5.27. The standard InChI is InChI=1S/C14H22N4O/c1-14(2,3)13-10(9-18(5)16-13)11(19)8-12-15-6-7-17(12)4/h6-7,9,11,19H,8H2,1-5H3. The average molecular weight is 262 g/mol. The van der Waals surface area contributed by atoms with E-state index in [0.29, 0.717) is 6.42 Å². The number of aromatic nitrogens is 4. The van der Waals surface area contributed by atoms with E-state index in [9.17, 15) is 5.11 Å². The predicted molar refractivity (Wildman–Crippen MR) is 73.8 cm³/mol. The van der Waals surface area contributed by atoms with Crippen LogP contribution in [0.15, 0.2) is 18.6 Å². The van der Waals surface area contributed by atoms with Crippen LogP contribution in [0.25, 0.3) is 0 Å². The van der Waals surface area contributed by atoms with E-state index >= 15 is 0 Å². The molecule has 1 N–H and O–H groups in total. The van der Waals surface area contributed by atoms with E-state index in [1.165, 1.54) is 0 Å². The maximum absolute atomic E-state index is 10.5. The summed E-state index contributed by atoms with van der Waals surface area (Å²) in [7, 11) is 3.81. The summed E-state index contributed by atoms with van der Waals surface area (Å²) in [5.74, 6) is 0.871. The summed E-state index contributed by atoms with van der Waals surface area (Å²) in [6.45, 7) is 6.31. The Labute approximate surface area is 113 Å². The average Bonchev–Trinajstić information content (AvgIpc) is 2.85. The number of hydrogen-bond donors (Lipinski definition) is 1. The third kappa shape index (κ3) is 2.87. The van der Waals surface area contributed by atoms with E-state index in [0.717, 1.165) is 17.1 Å². The summed E-state index contributed by atoms with van der Waals surface area (Å²) in [5.41, 5.74) is 1.74. The number of aryl methyl sites for hydroxylation is 2. The molecule has 0 aliphatic rings. The number of aliphatic hydroxyl groups excluding tert-OH is 1. The minimum atomic E-state index is -0.580. The van der Waals surface area contributed by atoms with Crippen molar-refractivity contribution in [2.75, 3.05) is 0 Å². The lowest BCUT2D eigenvalue weighted by atomic mass is 9.87. The second-order valence-corrected chi connectivity index (χ2v) is 6.03. The van der Waals surface area contributed by atoms with Crippen LogP contribution in [-0.2, 0) is 25.9 Å². The fourth-order valence-electron chi connectivity index (χ4n) is 2.21. The van der Waals surface area contributed by atoms with E-state index in [4.69, 9.17) is 0 Å². The molecule has 0 aliphatic heterocycles. The summed E-state index contributed by atoms with van der Waals surface area (Å²) in [6, 6.07) is 0. The van der Waals surface area contributed by atoms with Crippen LogP contribution in [0.5, 0.6) is 0 Å². The van der Waals surface area contributed by atoms with Crippen molar-refractivity contribution < 1.29 is 5.11 Å². The van der Waals surface area contributed by atoms with Crippen LogP contribution in [-0.4, -0.2) is 24.4 Å². The topological polar surface area (TPSA) is 55.9 Å². The zero-order valence-electron chi connectivity index (χ0n) is 12.3. The van der Waals surface area contributed by atoms with Gasteiger partial charge in [-0.15, -0.1) is 0 Å². The Kier molecular flexibility index (Phi) is 3.49. The van der Waals surface area contributed by atoms with Gasteiger partial charge in [0.15, 0.2) is 0 Å². The minimum Gasteiger partial charge on any atom is -0.388 e. The zero-order chi connectivity index (χ0) is 14.2. The summed E-state index contributed by atoms with van der Waals surface area (Å²) in [4.78, 5) is 4.26. The molecule has 0 radical (unpaired) electrons. The second kappa shape index (κ2) is 4.81. The third-order valence-corrected chi connectivity index (χ3v) is 3.22. The van der Waals surface area contributed by atoms with Crippen molar-refractivity contribution in [3.8, 4) is 0 Å². The van der Waals surface area contributed by atoms with Gasteiger partial charge in [-0.1, -0.05) is 20.8 Å². The van der Waals surface area contributed by atoms with Gasteiger partial charge in [-0.2, -0.15) is 5.10 Å². The first-order valence-electron chi connectivity index (χ1n) is 6.47. The monoisotopic (exact) mass is 262 g/mol. The van der Waals surface area contributed by atoms with Crippen LogP contribution < -0.4 is 0 Å². The number of aliphatic hydroxyl groups is 1. The Bertz CT molecular complexity index is 562. The summed E-state index contributed by atoms with van der Waals surface area (Å²) in [5, 5.41) is 15.0. The smallest absolute Gasteiger partial charge is 0.111 e. The normalized spacial score (nSPS) is 13.8. The summed E-state index contributed by atoms with van der Waals surface area (Å²) >= 11 is 0. The summed E-state index contributed by atoms with van der Waals surface area (Å²) < 4.78 is 3.69. The van der Waals surface area contributed by atoms with Gasteiger partial charge in [0.25, 0.3) is 0 Å². The Morgan fingerprint density at radius 2 is 2.00 bits per heavy atom. The van der Waals surface area contributed by atoms with Gasteiger partial charge in [0.1, 0.15) is 5.82 Å².